The predicted octanol–water partition coefficient (Wildman–Crippen LogP) is 4.46. The van der Waals surface area contributed by atoms with Crippen molar-refractivity contribution >= 4 is 12.0 Å². The van der Waals surface area contributed by atoms with E-state index in [0.29, 0.717) is 13.2 Å². The number of amides is 2. The Kier molecular flexibility index (Phi) is 9.63. The zero-order valence-corrected chi connectivity index (χ0v) is 19.0. The van der Waals surface area contributed by atoms with Crippen LogP contribution in [0.15, 0.2) is 30.3 Å². The monoisotopic (exact) mass is 406 g/mol. The number of nitrogens with one attached hydrogen (secondary N) is 2. The molecule has 0 aliphatic rings. The molecule has 6 heteroatoms. The molecule has 6 nitrogen and oxygen atoms in total. The van der Waals surface area contributed by atoms with E-state index >= 15 is 0 Å². The standard InChI is InChI=1S/C23H38N2O4/c1-8-9-15-29-21(27)25-23(17(2)3,22(4,5)6)20(26)24-19(16-28-7)18-13-11-10-12-14-18/h10-14,17,19H,8-9,15-16H2,1-7H3,(H,24,26)(H,25,27)/t19-,23-/m1/s1. The number of alkyl carbamates (subject to hydrolysis) is 1. The molecule has 164 valence electrons. The lowest BCUT2D eigenvalue weighted by Crippen LogP contribution is -2.69. The van der Waals surface area contributed by atoms with E-state index in [2.05, 4.69) is 10.6 Å². The highest BCUT2D eigenvalue weighted by molar-refractivity contribution is 5.91. The molecule has 0 radical (unpaired) electrons. The number of carbonyl (C=O) groups excluding carboxylic acids is 2. The third-order valence-corrected chi connectivity index (χ3v) is 5.28. The molecule has 1 aromatic rings. The van der Waals surface area contributed by atoms with Crippen LogP contribution in [0.3, 0.4) is 0 Å². The van der Waals surface area contributed by atoms with Gasteiger partial charge in [0.25, 0.3) is 0 Å². The van der Waals surface area contributed by atoms with E-state index in [9.17, 15) is 9.59 Å². The van der Waals surface area contributed by atoms with Crippen molar-refractivity contribution in [3.05, 3.63) is 35.9 Å². The van der Waals surface area contributed by atoms with Gasteiger partial charge < -0.3 is 20.1 Å². The fraction of sp³-hybridized carbons (Fsp3) is 0.652. The summed E-state index contributed by atoms with van der Waals surface area (Å²) in [5.74, 6) is -0.418. The maximum atomic E-state index is 13.6. The van der Waals surface area contributed by atoms with Gasteiger partial charge in [-0.1, -0.05) is 78.3 Å². The van der Waals surface area contributed by atoms with Crippen molar-refractivity contribution in [2.24, 2.45) is 11.3 Å². The summed E-state index contributed by atoms with van der Waals surface area (Å²) in [5.41, 5.74) is -0.764. The topological polar surface area (TPSA) is 76.7 Å². The van der Waals surface area contributed by atoms with Crippen LogP contribution in [0, 0.1) is 11.3 Å². The summed E-state index contributed by atoms with van der Waals surface area (Å²) in [6.07, 6.45) is 1.14. The largest absolute Gasteiger partial charge is 0.450 e. The molecule has 1 rings (SSSR count). The van der Waals surface area contributed by atoms with Gasteiger partial charge in [-0.25, -0.2) is 4.79 Å². The number of carbonyl (C=O) groups is 2. The van der Waals surface area contributed by atoms with Crippen LogP contribution in [0.2, 0.25) is 0 Å². The molecule has 0 aliphatic carbocycles. The highest BCUT2D eigenvalue weighted by Crippen LogP contribution is 2.37. The summed E-state index contributed by atoms with van der Waals surface area (Å²) in [5, 5.41) is 6.01. The Labute approximate surface area is 175 Å². The van der Waals surface area contributed by atoms with Crippen LogP contribution in [-0.2, 0) is 14.3 Å². The van der Waals surface area contributed by atoms with E-state index in [1.807, 2.05) is 71.9 Å². The van der Waals surface area contributed by atoms with Gasteiger partial charge in [0, 0.05) is 7.11 Å². The Morgan fingerprint density at radius 3 is 2.21 bits per heavy atom. The Hall–Kier alpha value is -2.08. The predicted molar refractivity (Wildman–Crippen MR) is 116 cm³/mol. The lowest BCUT2D eigenvalue weighted by molar-refractivity contribution is -0.136. The second-order valence-corrected chi connectivity index (χ2v) is 8.72. The molecule has 2 atom stereocenters. The summed E-state index contributed by atoms with van der Waals surface area (Å²) >= 11 is 0. The molecule has 0 spiro atoms. The van der Waals surface area contributed by atoms with Crippen LogP contribution >= 0.6 is 0 Å². The lowest BCUT2D eigenvalue weighted by Gasteiger charge is -2.47. The number of hydrogen-bond donors (Lipinski definition) is 2. The third kappa shape index (κ3) is 6.46. The molecule has 2 amide bonds. The van der Waals surface area contributed by atoms with Crippen molar-refractivity contribution in [3.63, 3.8) is 0 Å². The molecule has 29 heavy (non-hydrogen) atoms. The van der Waals surface area contributed by atoms with Crippen LogP contribution in [0.5, 0.6) is 0 Å². The number of ether oxygens (including phenoxy) is 2. The van der Waals surface area contributed by atoms with Crippen molar-refractivity contribution in [1.29, 1.82) is 0 Å². The number of methoxy groups -OCH3 is 1. The molecule has 0 aromatic heterocycles. The van der Waals surface area contributed by atoms with E-state index in [0.717, 1.165) is 18.4 Å². The summed E-state index contributed by atoms with van der Waals surface area (Å²) in [7, 11) is 1.60. The maximum absolute atomic E-state index is 13.6. The fourth-order valence-electron chi connectivity index (χ4n) is 3.71. The zero-order chi connectivity index (χ0) is 22.1. The number of unbranched alkanes of at least 4 members (excludes halogenated alkanes) is 1. The molecule has 2 N–H and O–H groups in total. The van der Waals surface area contributed by atoms with Gasteiger partial charge in [-0.2, -0.15) is 0 Å². The lowest BCUT2D eigenvalue weighted by atomic mass is 9.66. The first kappa shape index (κ1) is 25.0. The summed E-state index contributed by atoms with van der Waals surface area (Å²) < 4.78 is 10.7. The molecule has 1 aromatic carbocycles. The van der Waals surface area contributed by atoms with Crippen molar-refractivity contribution in [2.75, 3.05) is 20.3 Å². The Morgan fingerprint density at radius 1 is 1.10 bits per heavy atom. The third-order valence-electron chi connectivity index (χ3n) is 5.28. The molecule has 0 fully saturated rings. The molecule has 0 bridgehead atoms. The minimum absolute atomic E-state index is 0.166. The first-order valence-corrected chi connectivity index (χ1v) is 10.4. The van der Waals surface area contributed by atoms with Crippen LogP contribution in [-0.4, -0.2) is 37.9 Å². The average molecular weight is 407 g/mol. The van der Waals surface area contributed by atoms with Gasteiger partial charge in [-0.05, 0) is 23.3 Å². The zero-order valence-electron chi connectivity index (χ0n) is 19.0. The normalized spacial score (nSPS) is 14.8. The van der Waals surface area contributed by atoms with E-state index in [-0.39, 0.29) is 17.9 Å². The SMILES string of the molecule is CCCCOC(=O)N[C@@](C(=O)N[C@H](COC)c1ccccc1)(C(C)C)C(C)(C)C. The van der Waals surface area contributed by atoms with Gasteiger partial charge in [0.15, 0.2) is 0 Å². The van der Waals surface area contributed by atoms with E-state index < -0.39 is 17.0 Å². The van der Waals surface area contributed by atoms with Crippen molar-refractivity contribution in [3.8, 4) is 0 Å². The van der Waals surface area contributed by atoms with Gasteiger partial charge in [-0.15, -0.1) is 0 Å². The Morgan fingerprint density at radius 2 is 1.72 bits per heavy atom. The molecule has 0 unspecified atom stereocenters. The van der Waals surface area contributed by atoms with Crippen molar-refractivity contribution in [1.82, 2.24) is 10.6 Å². The molecular formula is C23H38N2O4. The second kappa shape index (κ2) is 11.2. The molecule has 0 heterocycles. The highest BCUT2D eigenvalue weighted by atomic mass is 16.5. The highest BCUT2D eigenvalue weighted by Gasteiger charge is 2.52. The molecular weight excluding hydrogens is 368 g/mol. The first-order chi connectivity index (χ1) is 13.6. The van der Waals surface area contributed by atoms with Crippen molar-refractivity contribution < 1.29 is 19.1 Å². The Balaban J connectivity index is 3.19. The molecule has 0 saturated heterocycles. The van der Waals surface area contributed by atoms with Gasteiger partial charge in [0.2, 0.25) is 5.91 Å². The summed E-state index contributed by atoms with van der Waals surface area (Å²) in [6, 6.07) is 9.35. The molecule has 0 aliphatic heterocycles. The summed E-state index contributed by atoms with van der Waals surface area (Å²) in [6.45, 7) is 12.4. The smallest absolute Gasteiger partial charge is 0.408 e. The number of benzene rings is 1. The van der Waals surface area contributed by atoms with Crippen LogP contribution in [0.1, 0.15) is 66.0 Å². The number of hydrogen-bond acceptors (Lipinski definition) is 4. The van der Waals surface area contributed by atoms with E-state index in [4.69, 9.17) is 9.47 Å². The number of rotatable bonds is 10. The summed E-state index contributed by atoms with van der Waals surface area (Å²) in [4.78, 5) is 26.2. The van der Waals surface area contributed by atoms with Gasteiger partial charge >= 0.3 is 6.09 Å². The second-order valence-electron chi connectivity index (χ2n) is 8.72. The Bertz CT molecular complexity index is 640. The minimum atomic E-state index is -1.16. The quantitative estimate of drug-likeness (QED) is 0.563. The van der Waals surface area contributed by atoms with Crippen LogP contribution < -0.4 is 10.6 Å². The van der Waals surface area contributed by atoms with Crippen molar-refractivity contribution in [2.45, 2.75) is 66.0 Å². The maximum Gasteiger partial charge on any atom is 0.408 e. The fourth-order valence-corrected chi connectivity index (χ4v) is 3.71. The average Bonchev–Trinajstić information content (AvgIpc) is 2.65. The first-order valence-electron chi connectivity index (χ1n) is 10.4. The van der Waals surface area contributed by atoms with Gasteiger partial charge in [0.05, 0.1) is 19.3 Å². The van der Waals surface area contributed by atoms with Gasteiger partial charge in [-0.3, -0.25) is 4.79 Å². The van der Waals surface area contributed by atoms with Crippen LogP contribution in [0.4, 0.5) is 4.79 Å². The van der Waals surface area contributed by atoms with E-state index in [1.54, 1.807) is 7.11 Å². The van der Waals surface area contributed by atoms with Gasteiger partial charge in [0.1, 0.15) is 5.54 Å². The van der Waals surface area contributed by atoms with Crippen LogP contribution in [0.25, 0.3) is 0 Å². The van der Waals surface area contributed by atoms with E-state index in [1.165, 1.54) is 0 Å². The molecule has 0 saturated carbocycles. The minimum Gasteiger partial charge on any atom is -0.450 e.